The molecule has 1 unspecified atom stereocenters. The fourth-order valence-electron chi connectivity index (χ4n) is 3.26. The van der Waals surface area contributed by atoms with Gasteiger partial charge in [-0.25, -0.2) is 9.97 Å². The number of amides is 2. The van der Waals surface area contributed by atoms with Crippen LogP contribution in [0, 0.1) is 0 Å². The number of carbonyl (C=O) groups is 2. The molecule has 0 saturated heterocycles. The number of rotatable bonds is 3. The van der Waals surface area contributed by atoms with Crippen molar-refractivity contribution in [1.82, 2.24) is 19.9 Å². The van der Waals surface area contributed by atoms with Crippen molar-refractivity contribution in [3.63, 3.8) is 0 Å². The van der Waals surface area contributed by atoms with Crippen LogP contribution in [-0.4, -0.2) is 46.6 Å². The van der Waals surface area contributed by atoms with Crippen LogP contribution < -0.4 is 15.5 Å². The first kappa shape index (κ1) is 21.2. The lowest BCUT2D eigenvalue weighted by Gasteiger charge is -2.31. The maximum absolute atomic E-state index is 14.4. The molecule has 1 atom stereocenters. The smallest absolute Gasteiger partial charge is 0.363 e. The largest absolute Gasteiger partial charge is 0.440 e. The number of alkyl halides is 3. The summed E-state index contributed by atoms with van der Waals surface area (Å²) >= 11 is 11.9. The molecule has 0 radical (unpaired) electrons. The minimum atomic E-state index is -5.24. The lowest BCUT2D eigenvalue weighted by Crippen LogP contribution is -2.63. The van der Waals surface area contributed by atoms with Crippen molar-refractivity contribution in [2.24, 2.45) is 0 Å². The number of imidazole rings is 1. The first-order chi connectivity index (χ1) is 14.5. The molecule has 0 aliphatic carbocycles. The van der Waals surface area contributed by atoms with Crippen molar-refractivity contribution >= 4 is 57.8 Å². The Morgan fingerprint density at radius 3 is 2.52 bits per heavy atom. The Hall–Kier alpha value is -3.05. The number of aromatic nitrogens is 3. The second-order valence-corrected chi connectivity index (χ2v) is 7.73. The van der Waals surface area contributed by atoms with Gasteiger partial charge in [0.05, 0.1) is 21.1 Å². The van der Waals surface area contributed by atoms with Gasteiger partial charge in [-0.15, -0.1) is 0 Å². The van der Waals surface area contributed by atoms with E-state index in [1.54, 1.807) is 25.1 Å². The van der Waals surface area contributed by atoms with Gasteiger partial charge in [0.2, 0.25) is 5.95 Å². The molecule has 3 heterocycles. The molecule has 0 fully saturated rings. The van der Waals surface area contributed by atoms with E-state index in [-0.39, 0.29) is 26.8 Å². The summed E-state index contributed by atoms with van der Waals surface area (Å²) < 4.78 is 43.8. The lowest BCUT2D eigenvalue weighted by molar-refractivity contribution is -0.213. The summed E-state index contributed by atoms with van der Waals surface area (Å²) in [4.78, 5) is 35.0. The lowest BCUT2D eigenvalue weighted by atomic mass is 10.1. The highest BCUT2D eigenvalue weighted by Gasteiger charge is 2.67. The fraction of sp³-hybridized carbons (Fsp3) is 0.222. The highest BCUT2D eigenvalue weighted by Crippen LogP contribution is 2.45. The van der Waals surface area contributed by atoms with E-state index in [4.69, 9.17) is 23.2 Å². The number of hydrogen-bond acceptors (Lipinski definition) is 5. The number of nitrogens with one attached hydrogen (secondary N) is 2. The van der Waals surface area contributed by atoms with Crippen molar-refractivity contribution in [1.29, 1.82) is 0 Å². The zero-order chi connectivity index (χ0) is 22.7. The summed E-state index contributed by atoms with van der Waals surface area (Å²) in [6.45, 7) is 0. The Kier molecular flexibility index (Phi) is 4.78. The molecule has 0 saturated carbocycles. The minimum absolute atomic E-state index is 0.0426. The molecule has 4 rings (SSSR count). The highest BCUT2D eigenvalue weighted by atomic mass is 35.5. The normalized spacial score (nSPS) is 18.1. The van der Waals surface area contributed by atoms with E-state index in [0.717, 1.165) is 6.07 Å². The van der Waals surface area contributed by atoms with Crippen LogP contribution in [0.2, 0.25) is 10.0 Å². The third-order valence-electron chi connectivity index (χ3n) is 4.72. The molecule has 1 aliphatic rings. The molecule has 3 aromatic rings. The Morgan fingerprint density at radius 1 is 1.19 bits per heavy atom. The Morgan fingerprint density at radius 2 is 1.87 bits per heavy atom. The fourth-order valence-corrected chi connectivity index (χ4v) is 3.57. The van der Waals surface area contributed by atoms with Crippen LogP contribution in [0.3, 0.4) is 0 Å². The molecule has 0 spiro atoms. The van der Waals surface area contributed by atoms with Crippen molar-refractivity contribution in [2.45, 2.75) is 11.8 Å². The maximum Gasteiger partial charge on any atom is 0.440 e. The molecule has 0 bridgehead atoms. The monoisotopic (exact) mass is 472 g/mol. The number of benzene rings is 1. The van der Waals surface area contributed by atoms with E-state index in [1.165, 1.54) is 18.2 Å². The molecule has 31 heavy (non-hydrogen) atoms. The molecule has 2 amide bonds. The molecule has 162 valence electrons. The number of anilines is 2. The van der Waals surface area contributed by atoms with Gasteiger partial charge in [-0.1, -0.05) is 29.3 Å². The third kappa shape index (κ3) is 3.15. The van der Waals surface area contributed by atoms with Gasteiger partial charge in [0.15, 0.2) is 0 Å². The number of nitrogens with zero attached hydrogens (tertiary/aromatic N) is 4. The standard InChI is InChI=1S/C18H13Cl2F3N6O2/c1-28(2)13-5-3-4-10(24-13)14(30)27-17(18(21,22)23)15(31)26-16-25-11-6-8(19)9(20)7-12(11)29(16)17/h3-7H,1-2H3,(H,27,30)(H,25,26,31). The Bertz CT molecular complexity index is 1240. The molecular formula is C18H13Cl2F3N6O2. The van der Waals surface area contributed by atoms with Crippen LogP contribution >= 0.6 is 23.2 Å². The third-order valence-corrected chi connectivity index (χ3v) is 5.44. The molecular weight excluding hydrogens is 460 g/mol. The zero-order valence-electron chi connectivity index (χ0n) is 15.9. The number of pyridine rings is 1. The van der Waals surface area contributed by atoms with E-state index in [0.29, 0.717) is 10.4 Å². The van der Waals surface area contributed by atoms with Gasteiger partial charge in [-0.05, 0) is 24.3 Å². The van der Waals surface area contributed by atoms with E-state index in [2.05, 4.69) is 15.3 Å². The van der Waals surface area contributed by atoms with Crippen LogP contribution in [0.4, 0.5) is 24.9 Å². The van der Waals surface area contributed by atoms with E-state index < -0.39 is 29.6 Å². The number of carbonyl (C=O) groups excluding carboxylic acids is 2. The number of fused-ring (bicyclic) bond motifs is 3. The van der Waals surface area contributed by atoms with Gasteiger partial charge < -0.3 is 10.2 Å². The van der Waals surface area contributed by atoms with Gasteiger partial charge in [-0.2, -0.15) is 13.2 Å². The predicted molar refractivity (Wildman–Crippen MR) is 108 cm³/mol. The summed E-state index contributed by atoms with van der Waals surface area (Å²) in [5, 5.41) is 3.93. The molecule has 2 aromatic heterocycles. The summed E-state index contributed by atoms with van der Waals surface area (Å²) in [6.07, 6.45) is -5.24. The first-order valence-electron chi connectivity index (χ1n) is 8.69. The molecule has 13 heteroatoms. The second kappa shape index (κ2) is 6.99. The highest BCUT2D eigenvalue weighted by molar-refractivity contribution is 6.42. The van der Waals surface area contributed by atoms with Crippen molar-refractivity contribution < 1.29 is 22.8 Å². The predicted octanol–water partition coefficient (Wildman–Crippen LogP) is 3.40. The van der Waals surface area contributed by atoms with Crippen LogP contribution in [0.1, 0.15) is 10.5 Å². The van der Waals surface area contributed by atoms with Crippen molar-refractivity contribution in [2.75, 3.05) is 24.3 Å². The SMILES string of the molecule is CN(C)c1cccc(C(=O)NC2(C(F)(F)F)C(=O)Nc3nc4cc(Cl)c(Cl)cc4n32)n1. The average Bonchev–Trinajstić information content (AvgIpc) is 3.15. The summed E-state index contributed by atoms with van der Waals surface area (Å²) in [6, 6.07) is 6.69. The van der Waals surface area contributed by atoms with Gasteiger partial charge in [-0.3, -0.25) is 19.5 Å². The Balaban J connectivity index is 1.89. The molecule has 2 N–H and O–H groups in total. The molecule has 1 aliphatic heterocycles. The second-order valence-electron chi connectivity index (χ2n) is 6.92. The maximum atomic E-state index is 14.4. The van der Waals surface area contributed by atoms with Gasteiger partial charge in [0.25, 0.3) is 17.5 Å². The van der Waals surface area contributed by atoms with Gasteiger partial charge >= 0.3 is 6.18 Å². The van der Waals surface area contributed by atoms with Gasteiger partial charge in [0, 0.05) is 14.1 Å². The minimum Gasteiger partial charge on any atom is -0.363 e. The van der Waals surface area contributed by atoms with Crippen LogP contribution in [0.15, 0.2) is 30.3 Å². The first-order valence-corrected chi connectivity index (χ1v) is 9.44. The van der Waals surface area contributed by atoms with Gasteiger partial charge in [0.1, 0.15) is 11.5 Å². The van der Waals surface area contributed by atoms with E-state index in [9.17, 15) is 22.8 Å². The Labute approximate surface area is 182 Å². The van der Waals surface area contributed by atoms with Crippen LogP contribution in [0.25, 0.3) is 11.0 Å². The zero-order valence-corrected chi connectivity index (χ0v) is 17.4. The topological polar surface area (TPSA) is 92.2 Å². The van der Waals surface area contributed by atoms with Crippen molar-refractivity contribution in [3.05, 3.63) is 46.1 Å². The number of halogens is 5. The summed E-state index contributed by atoms with van der Waals surface area (Å²) in [7, 11) is 3.31. The van der Waals surface area contributed by atoms with Crippen molar-refractivity contribution in [3.8, 4) is 0 Å². The summed E-state index contributed by atoms with van der Waals surface area (Å²) in [5.74, 6) is -2.79. The van der Waals surface area contributed by atoms with Crippen LogP contribution in [0.5, 0.6) is 0 Å². The van der Waals surface area contributed by atoms with Crippen LogP contribution in [-0.2, 0) is 10.5 Å². The molecule has 8 nitrogen and oxygen atoms in total. The van der Waals surface area contributed by atoms with E-state index >= 15 is 0 Å². The molecule has 1 aromatic carbocycles. The average molecular weight is 473 g/mol. The number of hydrogen-bond donors (Lipinski definition) is 2. The quantitative estimate of drug-likeness (QED) is 0.609. The van der Waals surface area contributed by atoms with E-state index in [1.807, 2.05) is 5.32 Å². The summed E-state index contributed by atoms with van der Waals surface area (Å²) in [5.41, 5.74) is -3.86.